The van der Waals surface area contributed by atoms with Gasteiger partial charge in [-0.15, -0.1) is 5.10 Å². The van der Waals surface area contributed by atoms with Crippen LogP contribution in [0.15, 0.2) is 60.8 Å². The molecule has 3 heterocycles. The molecule has 1 aliphatic rings. The van der Waals surface area contributed by atoms with Crippen LogP contribution < -0.4 is 19.7 Å². The summed E-state index contributed by atoms with van der Waals surface area (Å²) in [6.07, 6.45) is 3.01. The van der Waals surface area contributed by atoms with Crippen molar-refractivity contribution in [2.24, 2.45) is 0 Å². The number of aromatic nitrogens is 3. The zero-order valence-electron chi connectivity index (χ0n) is 20.6. The summed E-state index contributed by atoms with van der Waals surface area (Å²) in [5.74, 6) is 2.05. The summed E-state index contributed by atoms with van der Waals surface area (Å²) in [6, 6.07) is 18.2. The number of piperazine rings is 1. The molecule has 0 atom stereocenters. The van der Waals surface area contributed by atoms with Crippen LogP contribution in [0.25, 0.3) is 16.8 Å². The molecule has 182 valence electrons. The number of ether oxygens (including phenoxy) is 2. The predicted octanol–water partition coefficient (Wildman–Crippen LogP) is 4.69. The average molecular weight is 473 g/mol. The van der Waals surface area contributed by atoms with E-state index in [4.69, 9.17) is 14.6 Å². The molecule has 2 aromatic heterocycles. The fourth-order valence-electron chi connectivity index (χ4n) is 4.67. The normalized spacial score (nSPS) is 14.3. The molecule has 1 saturated heterocycles. The third-order valence-corrected chi connectivity index (χ3v) is 6.49. The van der Waals surface area contributed by atoms with Gasteiger partial charge in [-0.3, -0.25) is 4.90 Å². The highest BCUT2D eigenvalue weighted by molar-refractivity contribution is 5.72. The van der Waals surface area contributed by atoms with E-state index in [1.807, 2.05) is 53.2 Å². The molecule has 1 aliphatic heterocycles. The van der Waals surface area contributed by atoms with E-state index in [-0.39, 0.29) is 0 Å². The number of benzene rings is 2. The van der Waals surface area contributed by atoms with Gasteiger partial charge in [0.2, 0.25) is 5.95 Å². The number of anilines is 3. The second-order valence-corrected chi connectivity index (χ2v) is 8.68. The minimum Gasteiger partial charge on any atom is -0.496 e. The van der Waals surface area contributed by atoms with E-state index < -0.39 is 0 Å². The zero-order chi connectivity index (χ0) is 24.2. The number of para-hydroxylation sites is 1. The molecule has 0 unspecified atom stereocenters. The molecule has 0 aliphatic carbocycles. The van der Waals surface area contributed by atoms with E-state index in [9.17, 15) is 0 Å². The van der Waals surface area contributed by atoms with Gasteiger partial charge in [0.05, 0.1) is 37.3 Å². The molecule has 8 nitrogen and oxygen atoms in total. The lowest BCUT2D eigenvalue weighted by molar-refractivity contribution is 0.258. The van der Waals surface area contributed by atoms with E-state index in [1.165, 1.54) is 18.7 Å². The summed E-state index contributed by atoms with van der Waals surface area (Å²) in [7, 11) is 3.37. The molecule has 0 saturated carbocycles. The van der Waals surface area contributed by atoms with Gasteiger partial charge < -0.3 is 19.7 Å². The van der Waals surface area contributed by atoms with Gasteiger partial charge in [-0.1, -0.05) is 19.1 Å². The van der Waals surface area contributed by atoms with Crippen molar-refractivity contribution >= 4 is 22.8 Å². The molecule has 2 aromatic carbocycles. The number of nitrogens with zero attached hydrogens (tertiary/aromatic N) is 5. The van der Waals surface area contributed by atoms with Crippen LogP contribution in [0.3, 0.4) is 0 Å². The Balaban J connectivity index is 1.39. The van der Waals surface area contributed by atoms with Crippen LogP contribution in [0.2, 0.25) is 0 Å². The minimum atomic E-state index is 0.490. The van der Waals surface area contributed by atoms with Crippen molar-refractivity contribution in [1.82, 2.24) is 19.5 Å². The van der Waals surface area contributed by atoms with Crippen molar-refractivity contribution in [3.63, 3.8) is 0 Å². The number of fused-ring (bicyclic) bond motifs is 1. The van der Waals surface area contributed by atoms with Crippen LogP contribution in [0.4, 0.5) is 17.3 Å². The van der Waals surface area contributed by atoms with Gasteiger partial charge in [-0.05, 0) is 49.4 Å². The quantitative estimate of drug-likeness (QED) is 0.399. The molecular weight excluding hydrogens is 440 g/mol. The summed E-state index contributed by atoms with van der Waals surface area (Å²) >= 11 is 0. The lowest BCUT2D eigenvalue weighted by Gasteiger charge is -2.36. The number of rotatable bonds is 8. The SMILES string of the molecule is CCCN1CCN(c2ccc(Nc3ncc4ccc(-c5ccccc5OC)n4n3)c(OC)c2)CC1. The zero-order valence-corrected chi connectivity index (χ0v) is 20.6. The van der Waals surface area contributed by atoms with Gasteiger partial charge in [-0.25, -0.2) is 9.50 Å². The number of hydrogen-bond donors (Lipinski definition) is 1. The predicted molar refractivity (Wildman–Crippen MR) is 140 cm³/mol. The van der Waals surface area contributed by atoms with Crippen LogP contribution in [0, 0.1) is 0 Å². The van der Waals surface area contributed by atoms with Crippen molar-refractivity contribution < 1.29 is 9.47 Å². The summed E-state index contributed by atoms with van der Waals surface area (Å²) in [5, 5.41) is 8.10. The number of hydrogen-bond acceptors (Lipinski definition) is 7. The van der Waals surface area contributed by atoms with Crippen LogP contribution in [0.5, 0.6) is 11.5 Å². The molecule has 0 bridgehead atoms. The fourth-order valence-corrected chi connectivity index (χ4v) is 4.67. The smallest absolute Gasteiger partial charge is 0.245 e. The van der Waals surface area contributed by atoms with Crippen molar-refractivity contribution in [1.29, 1.82) is 0 Å². The molecular formula is C27H32N6O2. The first-order valence-corrected chi connectivity index (χ1v) is 12.1. The van der Waals surface area contributed by atoms with Crippen LogP contribution in [-0.2, 0) is 0 Å². The van der Waals surface area contributed by atoms with Gasteiger partial charge in [0, 0.05) is 43.5 Å². The van der Waals surface area contributed by atoms with Crippen molar-refractivity contribution in [3.05, 3.63) is 60.8 Å². The van der Waals surface area contributed by atoms with Crippen molar-refractivity contribution in [3.8, 4) is 22.8 Å². The highest BCUT2D eigenvalue weighted by Crippen LogP contribution is 2.33. The largest absolute Gasteiger partial charge is 0.496 e. The second kappa shape index (κ2) is 10.2. The molecule has 1 N–H and O–H groups in total. The molecule has 0 amide bonds. The summed E-state index contributed by atoms with van der Waals surface area (Å²) in [4.78, 5) is 9.46. The highest BCUT2D eigenvalue weighted by Gasteiger charge is 2.18. The van der Waals surface area contributed by atoms with Crippen LogP contribution >= 0.6 is 0 Å². The summed E-state index contributed by atoms with van der Waals surface area (Å²) < 4.78 is 13.2. The van der Waals surface area contributed by atoms with Crippen LogP contribution in [0.1, 0.15) is 13.3 Å². The summed E-state index contributed by atoms with van der Waals surface area (Å²) in [6.45, 7) is 7.64. The lowest BCUT2D eigenvalue weighted by atomic mass is 10.1. The monoisotopic (exact) mass is 472 g/mol. The van der Waals surface area contributed by atoms with Crippen molar-refractivity contribution in [2.75, 3.05) is 57.2 Å². The average Bonchev–Trinajstić information content (AvgIpc) is 3.32. The Morgan fingerprint density at radius 1 is 0.914 bits per heavy atom. The Morgan fingerprint density at radius 3 is 2.49 bits per heavy atom. The standard InChI is InChI=1S/C27H32N6O2/c1-4-13-31-14-16-32(17-15-31)20-9-11-23(26(18-20)35-3)29-27-28-19-21-10-12-24(33(21)30-27)22-7-5-6-8-25(22)34-2/h5-12,18-19H,4,13-17H2,1-3H3,(H,29,30). The minimum absolute atomic E-state index is 0.490. The third-order valence-electron chi connectivity index (χ3n) is 6.49. The maximum Gasteiger partial charge on any atom is 0.245 e. The van der Waals surface area contributed by atoms with Crippen molar-refractivity contribution in [2.45, 2.75) is 13.3 Å². The van der Waals surface area contributed by atoms with Crippen LogP contribution in [-0.4, -0.2) is 66.4 Å². The molecule has 5 rings (SSSR count). The lowest BCUT2D eigenvalue weighted by Crippen LogP contribution is -2.46. The summed E-state index contributed by atoms with van der Waals surface area (Å²) in [5.41, 5.74) is 4.81. The first-order valence-electron chi connectivity index (χ1n) is 12.1. The maximum absolute atomic E-state index is 5.73. The van der Waals surface area contributed by atoms with Gasteiger partial charge in [-0.2, -0.15) is 0 Å². The molecule has 4 aromatic rings. The fraction of sp³-hybridized carbons (Fsp3) is 0.333. The van der Waals surface area contributed by atoms with E-state index in [2.05, 4.69) is 39.2 Å². The van der Waals surface area contributed by atoms with E-state index >= 15 is 0 Å². The number of nitrogens with one attached hydrogen (secondary N) is 1. The van der Waals surface area contributed by atoms with Gasteiger partial charge >= 0.3 is 0 Å². The van der Waals surface area contributed by atoms with Gasteiger partial charge in [0.1, 0.15) is 11.5 Å². The van der Waals surface area contributed by atoms with E-state index in [0.29, 0.717) is 5.95 Å². The molecule has 1 fully saturated rings. The first kappa shape index (κ1) is 23.0. The first-order chi connectivity index (χ1) is 17.2. The maximum atomic E-state index is 5.73. The second-order valence-electron chi connectivity index (χ2n) is 8.68. The Labute approximate surface area is 206 Å². The van der Waals surface area contributed by atoms with E-state index in [0.717, 1.165) is 60.1 Å². The van der Waals surface area contributed by atoms with Gasteiger partial charge in [0.15, 0.2) is 0 Å². The Morgan fingerprint density at radius 2 is 1.71 bits per heavy atom. The molecule has 0 spiro atoms. The Hall–Kier alpha value is -3.78. The third kappa shape index (κ3) is 4.74. The Bertz CT molecular complexity index is 1300. The molecule has 0 radical (unpaired) electrons. The Kier molecular flexibility index (Phi) is 6.72. The highest BCUT2D eigenvalue weighted by atomic mass is 16.5. The van der Waals surface area contributed by atoms with Gasteiger partial charge in [0.25, 0.3) is 0 Å². The molecule has 35 heavy (non-hydrogen) atoms. The topological polar surface area (TPSA) is 67.2 Å². The van der Waals surface area contributed by atoms with E-state index in [1.54, 1.807) is 14.2 Å². The molecule has 8 heteroatoms. The number of methoxy groups -OCH3 is 2.